The van der Waals surface area contributed by atoms with Crippen molar-refractivity contribution in [2.75, 3.05) is 0 Å². The first-order valence-electron chi connectivity index (χ1n) is 4.53. The Hall–Kier alpha value is -2.66. The fourth-order valence-electron chi connectivity index (χ4n) is 1.63. The van der Waals surface area contributed by atoms with Gasteiger partial charge < -0.3 is 5.11 Å². The minimum atomic E-state index is -1.10. The van der Waals surface area contributed by atoms with E-state index in [1.165, 1.54) is 0 Å². The molecule has 0 amide bonds. The van der Waals surface area contributed by atoms with Gasteiger partial charge in [-0.25, -0.2) is 8.78 Å². The number of rotatable bonds is 0. The average Bonchev–Trinajstić information content (AvgIpc) is 2.60. The highest BCUT2D eigenvalue weighted by molar-refractivity contribution is 5.96. The second-order valence-corrected chi connectivity index (χ2v) is 3.35. The Kier molecular flexibility index (Phi) is 2.38. The molecule has 0 radical (unpaired) electrons. The largest absolute Gasteiger partial charge is 0.507 e. The van der Waals surface area contributed by atoms with Crippen LogP contribution in [-0.2, 0) is 0 Å². The molecule has 17 heavy (non-hydrogen) atoms. The molecule has 0 unspecified atom stereocenters. The highest BCUT2D eigenvalue weighted by Gasteiger charge is 2.23. The van der Waals surface area contributed by atoms with E-state index in [1.54, 1.807) is 12.1 Å². The predicted octanol–water partition coefficient (Wildman–Crippen LogP) is 2.68. The third kappa shape index (κ3) is 1.54. The fourth-order valence-corrected chi connectivity index (χ4v) is 1.63. The Bertz CT molecular complexity index is 644. The molecule has 0 aliphatic heterocycles. The summed E-state index contributed by atoms with van der Waals surface area (Å²) in [7, 11) is 0. The molecule has 5 heteroatoms. The maximum Gasteiger partial charge on any atom is 0.159 e. The van der Waals surface area contributed by atoms with Crippen molar-refractivity contribution in [2.24, 2.45) is 0 Å². The first-order chi connectivity index (χ1) is 8.08. The number of benzene rings is 1. The van der Waals surface area contributed by atoms with Crippen LogP contribution in [0, 0.1) is 34.3 Å². The molecule has 2 rings (SSSR count). The van der Waals surface area contributed by atoms with Crippen LogP contribution in [0.4, 0.5) is 8.78 Å². The predicted molar refractivity (Wildman–Crippen MR) is 55.1 cm³/mol. The number of nitrogens with zero attached hydrogens (tertiary/aromatic N) is 2. The van der Waals surface area contributed by atoms with E-state index in [-0.39, 0.29) is 28.0 Å². The molecule has 0 saturated heterocycles. The van der Waals surface area contributed by atoms with Gasteiger partial charge in [0.25, 0.3) is 0 Å². The van der Waals surface area contributed by atoms with Crippen LogP contribution in [0.15, 0.2) is 23.8 Å². The summed E-state index contributed by atoms with van der Waals surface area (Å²) < 4.78 is 26.1. The lowest BCUT2D eigenvalue weighted by Gasteiger charge is -2.02. The molecule has 1 aliphatic carbocycles. The van der Waals surface area contributed by atoms with E-state index in [0.29, 0.717) is 0 Å². The van der Waals surface area contributed by atoms with Crippen LogP contribution in [0.5, 0.6) is 0 Å². The molecule has 0 atom stereocenters. The van der Waals surface area contributed by atoms with Gasteiger partial charge in [-0.15, -0.1) is 0 Å². The number of halogens is 2. The number of aliphatic hydroxyl groups excluding tert-OH is 1. The molecule has 1 N–H and O–H groups in total. The SMILES string of the molecule is N#CC(C#N)=C1C=C(O)c2cc(F)c(F)cc21. The molecule has 0 fully saturated rings. The van der Waals surface area contributed by atoms with E-state index in [0.717, 1.165) is 18.2 Å². The molecule has 0 spiro atoms. The minimum Gasteiger partial charge on any atom is -0.507 e. The highest BCUT2D eigenvalue weighted by Crippen LogP contribution is 2.36. The van der Waals surface area contributed by atoms with Gasteiger partial charge in [0.05, 0.1) is 0 Å². The Morgan fingerprint density at radius 1 is 1.06 bits per heavy atom. The van der Waals surface area contributed by atoms with Crippen molar-refractivity contribution in [1.29, 1.82) is 10.5 Å². The van der Waals surface area contributed by atoms with Crippen LogP contribution in [-0.4, -0.2) is 5.11 Å². The van der Waals surface area contributed by atoms with E-state index < -0.39 is 11.6 Å². The van der Waals surface area contributed by atoms with Crippen molar-refractivity contribution < 1.29 is 13.9 Å². The van der Waals surface area contributed by atoms with Gasteiger partial charge in [-0.2, -0.15) is 10.5 Å². The molecular weight excluding hydrogens is 226 g/mol. The van der Waals surface area contributed by atoms with Gasteiger partial charge in [0.2, 0.25) is 0 Å². The summed E-state index contributed by atoms with van der Waals surface area (Å²) in [6.07, 6.45) is 1.14. The summed E-state index contributed by atoms with van der Waals surface area (Å²) in [5, 5.41) is 27.0. The third-order valence-corrected chi connectivity index (χ3v) is 2.40. The number of hydrogen-bond donors (Lipinski definition) is 1. The Morgan fingerprint density at radius 2 is 1.59 bits per heavy atom. The standard InChI is InChI=1S/C12H4F2N2O/c13-10-1-8-7(6(4-15)5-16)3-12(17)9(8)2-11(10)14/h1-3,17H. The lowest BCUT2D eigenvalue weighted by Crippen LogP contribution is -1.92. The van der Waals surface area contributed by atoms with Crippen LogP contribution in [0.2, 0.25) is 0 Å². The smallest absolute Gasteiger partial charge is 0.159 e. The average molecular weight is 230 g/mol. The van der Waals surface area contributed by atoms with Crippen LogP contribution in [0.3, 0.4) is 0 Å². The molecule has 3 nitrogen and oxygen atoms in total. The first kappa shape index (κ1) is 10.8. The van der Waals surface area contributed by atoms with E-state index in [4.69, 9.17) is 10.5 Å². The molecule has 1 aromatic rings. The van der Waals surface area contributed by atoms with Crippen molar-refractivity contribution >= 4 is 11.3 Å². The number of allylic oxidation sites excluding steroid dienone is 3. The van der Waals surface area contributed by atoms with E-state index >= 15 is 0 Å². The van der Waals surface area contributed by atoms with Crippen LogP contribution >= 0.6 is 0 Å². The van der Waals surface area contributed by atoms with Gasteiger partial charge in [-0.05, 0) is 23.8 Å². The van der Waals surface area contributed by atoms with Gasteiger partial charge >= 0.3 is 0 Å². The van der Waals surface area contributed by atoms with Crippen molar-refractivity contribution in [1.82, 2.24) is 0 Å². The molecule has 82 valence electrons. The summed E-state index contributed by atoms with van der Waals surface area (Å²) in [5.74, 6) is -2.49. The summed E-state index contributed by atoms with van der Waals surface area (Å²) in [5.41, 5.74) is 0.0455. The molecule has 1 aliphatic rings. The zero-order valence-corrected chi connectivity index (χ0v) is 8.33. The minimum absolute atomic E-state index is 0.0712. The zero-order valence-electron chi connectivity index (χ0n) is 8.33. The molecule has 0 saturated carbocycles. The maximum absolute atomic E-state index is 13.1. The Morgan fingerprint density at radius 3 is 2.12 bits per heavy atom. The topological polar surface area (TPSA) is 67.8 Å². The molecular formula is C12H4F2N2O. The molecule has 0 aromatic heterocycles. The van der Waals surface area contributed by atoms with Crippen molar-refractivity contribution in [3.8, 4) is 12.1 Å². The quantitative estimate of drug-likeness (QED) is 0.696. The summed E-state index contributed by atoms with van der Waals surface area (Å²) >= 11 is 0. The number of hydrogen-bond acceptors (Lipinski definition) is 3. The molecule has 0 heterocycles. The van der Waals surface area contributed by atoms with Gasteiger partial charge in [0.15, 0.2) is 11.6 Å². The van der Waals surface area contributed by atoms with Gasteiger partial charge in [-0.1, -0.05) is 0 Å². The summed E-state index contributed by atoms with van der Waals surface area (Å²) in [6.45, 7) is 0. The van der Waals surface area contributed by atoms with Gasteiger partial charge in [0.1, 0.15) is 23.5 Å². The van der Waals surface area contributed by atoms with Crippen LogP contribution in [0.1, 0.15) is 11.1 Å². The lowest BCUT2D eigenvalue weighted by molar-refractivity contribution is 0.499. The van der Waals surface area contributed by atoms with Crippen molar-refractivity contribution in [3.63, 3.8) is 0 Å². The first-order valence-corrected chi connectivity index (χ1v) is 4.53. The Labute approximate surface area is 95.1 Å². The maximum atomic E-state index is 13.1. The number of fused-ring (bicyclic) bond motifs is 1. The Balaban J connectivity index is 2.79. The second kappa shape index (κ2) is 3.73. The second-order valence-electron chi connectivity index (χ2n) is 3.35. The molecule has 1 aromatic carbocycles. The number of nitriles is 2. The zero-order chi connectivity index (χ0) is 12.6. The van der Waals surface area contributed by atoms with E-state index in [9.17, 15) is 13.9 Å². The van der Waals surface area contributed by atoms with Crippen molar-refractivity contribution in [2.45, 2.75) is 0 Å². The summed E-state index contributed by atoms with van der Waals surface area (Å²) in [4.78, 5) is 0. The number of aliphatic hydroxyl groups is 1. The van der Waals surface area contributed by atoms with Crippen LogP contribution < -0.4 is 0 Å². The summed E-state index contributed by atoms with van der Waals surface area (Å²) in [6, 6.07) is 4.96. The van der Waals surface area contributed by atoms with Crippen molar-refractivity contribution in [3.05, 3.63) is 46.5 Å². The highest BCUT2D eigenvalue weighted by atomic mass is 19.2. The molecule has 0 bridgehead atoms. The van der Waals surface area contributed by atoms with Gasteiger partial charge in [0, 0.05) is 11.1 Å². The third-order valence-electron chi connectivity index (χ3n) is 2.40. The lowest BCUT2D eigenvalue weighted by atomic mass is 10.0. The van der Waals surface area contributed by atoms with E-state index in [2.05, 4.69) is 0 Å². The fraction of sp³-hybridized carbons (Fsp3) is 0. The van der Waals surface area contributed by atoms with Crippen LogP contribution in [0.25, 0.3) is 11.3 Å². The van der Waals surface area contributed by atoms with Gasteiger partial charge in [-0.3, -0.25) is 0 Å². The normalized spacial score (nSPS) is 12.5. The monoisotopic (exact) mass is 230 g/mol. The van der Waals surface area contributed by atoms with E-state index in [1.807, 2.05) is 0 Å².